The lowest BCUT2D eigenvalue weighted by molar-refractivity contribution is 0.112. The SMILES string of the molecule is CN(C)c1c(C#N)cnc2sc(C=O)cc12. The van der Waals surface area contributed by atoms with Crippen molar-refractivity contribution in [1.29, 1.82) is 5.26 Å². The van der Waals surface area contributed by atoms with Crippen LogP contribution >= 0.6 is 11.3 Å². The summed E-state index contributed by atoms with van der Waals surface area (Å²) in [4.78, 5) is 18.2. The first kappa shape index (κ1) is 10.6. The van der Waals surface area contributed by atoms with Gasteiger partial charge in [-0.1, -0.05) is 0 Å². The van der Waals surface area contributed by atoms with E-state index in [4.69, 9.17) is 5.26 Å². The quantitative estimate of drug-likeness (QED) is 0.742. The zero-order valence-electron chi connectivity index (χ0n) is 8.89. The van der Waals surface area contributed by atoms with Crippen molar-refractivity contribution in [3.63, 3.8) is 0 Å². The topological polar surface area (TPSA) is 57.0 Å². The highest BCUT2D eigenvalue weighted by molar-refractivity contribution is 7.20. The lowest BCUT2D eigenvalue weighted by Crippen LogP contribution is -2.11. The molecule has 4 nitrogen and oxygen atoms in total. The summed E-state index contributed by atoms with van der Waals surface area (Å²) in [5.74, 6) is 0. The van der Waals surface area contributed by atoms with Crippen LogP contribution in [0, 0.1) is 11.3 Å². The van der Waals surface area contributed by atoms with Gasteiger partial charge < -0.3 is 4.90 Å². The molecule has 0 spiro atoms. The number of pyridine rings is 1. The molecule has 0 amide bonds. The van der Waals surface area contributed by atoms with Crippen LogP contribution in [0.25, 0.3) is 10.2 Å². The Bertz CT molecular complexity index is 595. The third kappa shape index (κ3) is 1.53. The van der Waals surface area contributed by atoms with E-state index >= 15 is 0 Å². The summed E-state index contributed by atoms with van der Waals surface area (Å²) >= 11 is 1.33. The van der Waals surface area contributed by atoms with Gasteiger partial charge >= 0.3 is 0 Å². The highest BCUT2D eigenvalue weighted by Crippen LogP contribution is 2.32. The fourth-order valence-electron chi connectivity index (χ4n) is 1.62. The van der Waals surface area contributed by atoms with E-state index in [9.17, 15) is 4.79 Å². The molecule has 0 aromatic carbocycles. The van der Waals surface area contributed by atoms with Crippen LogP contribution in [0.5, 0.6) is 0 Å². The number of anilines is 1. The summed E-state index contributed by atoms with van der Waals surface area (Å²) < 4.78 is 0. The zero-order chi connectivity index (χ0) is 11.7. The van der Waals surface area contributed by atoms with Gasteiger partial charge in [0, 0.05) is 25.7 Å². The first-order valence-electron chi connectivity index (χ1n) is 4.62. The molecule has 2 aromatic heterocycles. The zero-order valence-corrected chi connectivity index (χ0v) is 9.71. The van der Waals surface area contributed by atoms with Crippen LogP contribution in [0.3, 0.4) is 0 Å². The summed E-state index contributed by atoms with van der Waals surface area (Å²) in [7, 11) is 3.74. The van der Waals surface area contributed by atoms with E-state index in [2.05, 4.69) is 11.1 Å². The fourth-order valence-corrected chi connectivity index (χ4v) is 2.44. The second-order valence-electron chi connectivity index (χ2n) is 3.51. The molecule has 0 unspecified atom stereocenters. The van der Waals surface area contributed by atoms with Crippen LogP contribution in [0.2, 0.25) is 0 Å². The highest BCUT2D eigenvalue weighted by atomic mass is 32.1. The molecule has 16 heavy (non-hydrogen) atoms. The number of nitriles is 1. The normalized spacial score (nSPS) is 10.1. The third-order valence-electron chi connectivity index (χ3n) is 2.24. The van der Waals surface area contributed by atoms with Gasteiger partial charge in [-0.25, -0.2) is 4.98 Å². The number of hydrogen-bond acceptors (Lipinski definition) is 5. The lowest BCUT2D eigenvalue weighted by atomic mass is 10.2. The largest absolute Gasteiger partial charge is 0.376 e. The van der Waals surface area contributed by atoms with Crippen molar-refractivity contribution in [2.24, 2.45) is 0 Å². The van der Waals surface area contributed by atoms with Crippen LogP contribution in [0.4, 0.5) is 5.69 Å². The van der Waals surface area contributed by atoms with E-state index in [1.807, 2.05) is 19.0 Å². The highest BCUT2D eigenvalue weighted by Gasteiger charge is 2.13. The van der Waals surface area contributed by atoms with Crippen LogP contribution in [-0.2, 0) is 0 Å². The molecule has 0 aliphatic rings. The van der Waals surface area contributed by atoms with E-state index in [0.29, 0.717) is 10.4 Å². The Morgan fingerprint density at radius 3 is 2.88 bits per heavy atom. The van der Waals surface area contributed by atoms with Gasteiger partial charge in [0.25, 0.3) is 0 Å². The minimum Gasteiger partial charge on any atom is -0.376 e. The van der Waals surface area contributed by atoms with E-state index in [0.717, 1.165) is 22.2 Å². The van der Waals surface area contributed by atoms with Crippen LogP contribution in [0.1, 0.15) is 15.2 Å². The number of thiophene rings is 1. The molecule has 0 radical (unpaired) electrons. The van der Waals surface area contributed by atoms with Crippen LogP contribution in [-0.4, -0.2) is 25.4 Å². The van der Waals surface area contributed by atoms with Gasteiger partial charge in [0.05, 0.1) is 16.1 Å². The molecule has 0 saturated carbocycles. The van der Waals surface area contributed by atoms with Gasteiger partial charge in [0.15, 0.2) is 6.29 Å². The Labute approximate surface area is 96.7 Å². The average Bonchev–Trinajstić information content (AvgIpc) is 2.69. The smallest absolute Gasteiger partial charge is 0.160 e. The summed E-state index contributed by atoms with van der Waals surface area (Å²) in [5.41, 5.74) is 1.34. The molecule has 80 valence electrons. The standard InChI is InChI=1S/C11H9N3OS/c1-14(2)10-7(4-12)5-13-11-9(10)3-8(6-15)16-11/h3,5-6H,1-2H3. The second kappa shape index (κ2) is 3.91. The van der Waals surface area contributed by atoms with Crippen molar-refractivity contribution in [2.45, 2.75) is 0 Å². The van der Waals surface area contributed by atoms with Gasteiger partial charge in [-0.2, -0.15) is 5.26 Å². The summed E-state index contributed by atoms with van der Waals surface area (Å²) in [5, 5.41) is 9.87. The Balaban J connectivity index is 2.83. The molecular weight excluding hydrogens is 222 g/mol. The summed E-state index contributed by atoms with van der Waals surface area (Å²) in [6.45, 7) is 0. The van der Waals surface area contributed by atoms with Crippen molar-refractivity contribution >= 4 is 33.5 Å². The predicted molar refractivity (Wildman–Crippen MR) is 64.0 cm³/mol. The first-order chi connectivity index (χ1) is 7.67. The number of rotatable bonds is 2. The monoisotopic (exact) mass is 231 g/mol. The number of carbonyl (C=O) groups is 1. The van der Waals surface area contributed by atoms with Gasteiger partial charge in [-0.15, -0.1) is 11.3 Å². The van der Waals surface area contributed by atoms with Crippen LogP contribution in [0.15, 0.2) is 12.3 Å². The molecule has 5 heteroatoms. The van der Waals surface area contributed by atoms with Crippen molar-refractivity contribution < 1.29 is 4.79 Å². The van der Waals surface area contributed by atoms with Gasteiger partial charge in [0.2, 0.25) is 0 Å². The predicted octanol–water partition coefficient (Wildman–Crippen LogP) is 2.05. The Morgan fingerprint density at radius 2 is 2.31 bits per heavy atom. The van der Waals surface area contributed by atoms with Crippen molar-refractivity contribution in [3.05, 3.63) is 22.7 Å². The fraction of sp³-hybridized carbons (Fsp3) is 0.182. The first-order valence-corrected chi connectivity index (χ1v) is 5.44. The van der Waals surface area contributed by atoms with Gasteiger partial charge in [-0.05, 0) is 6.07 Å². The molecule has 0 bridgehead atoms. The molecule has 0 N–H and O–H groups in total. The van der Waals surface area contributed by atoms with E-state index in [1.165, 1.54) is 11.3 Å². The molecule has 2 heterocycles. The molecule has 0 aliphatic heterocycles. The molecule has 0 fully saturated rings. The average molecular weight is 231 g/mol. The maximum absolute atomic E-state index is 10.7. The number of aldehydes is 1. The van der Waals surface area contributed by atoms with E-state index in [1.54, 1.807) is 12.3 Å². The van der Waals surface area contributed by atoms with Crippen molar-refractivity contribution in [2.75, 3.05) is 19.0 Å². The van der Waals surface area contributed by atoms with Gasteiger partial charge in [-0.3, -0.25) is 4.79 Å². The van der Waals surface area contributed by atoms with E-state index in [-0.39, 0.29) is 0 Å². The number of carbonyl (C=O) groups excluding carboxylic acids is 1. The Kier molecular flexibility index (Phi) is 2.59. The molecular formula is C11H9N3OS. The van der Waals surface area contributed by atoms with Crippen LogP contribution < -0.4 is 4.90 Å². The number of fused-ring (bicyclic) bond motifs is 1. The second-order valence-corrected chi connectivity index (χ2v) is 4.57. The molecule has 0 atom stereocenters. The molecule has 0 aliphatic carbocycles. The maximum atomic E-state index is 10.7. The van der Waals surface area contributed by atoms with E-state index < -0.39 is 0 Å². The van der Waals surface area contributed by atoms with Crippen molar-refractivity contribution in [3.8, 4) is 6.07 Å². The maximum Gasteiger partial charge on any atom is 0.160 e. The minimum absolute atomic E-state index is 0.521. The van der Waals surface area contributed by atoms with Gasteiger partial charge in [0.1, 0.15) is 10.9 Å². The molecule has 0 saturated heterocycles. The molecule has 2 aromatic rings. The number of aromatic nitrogens is 1. The Hall–Kier alpha value is -1.93. The van der Waals surface area contributed by atoms with Crippen molar-refractivity contribution in [1.82, 2.24) is 4.98 Å². The third-order valence-corrected chi connectivity index (χ3v) is 3.20. The lowest BCUT2D eigenvalue weighted by Gasteiger charge is -2.14. The summed E-state index contributed by atoms with van der Waals surface area (Å²) in [6, 6.07) is 3.88. The Morgan fingerprint density at radius 1 is 1.56 bits per heavy atom. The minimum atomic E-state index is 0.521. The number of nitrogens with zero attached hydrogens (tertiary/aromatic N) is 3. The summed E-state index contributed by atoms with van der Waals surface area (Å²) in [6.07, 6.45) is 2.35. The number of hydrogen-bond donors (Lipinski definition) is 0. The molecule has 2 rings (SSSR count).